The Morgan fingerprint density at radius 2 is 2.43 bits per heavy atom. The van der Waals surface area contributed by atoms with Gasteiger partial charge in [0.05, 0.1) is 5.41 Å². The van der Waals surface area contributed by atoms with E-state index in [0.717, 1.165) is 0 Å². The Bertz CT molecular complexity index is 338. The van der Waals surface area contributed by atoms with Crippen LogP contribution in [0.4, 0.5) is 5.13 Å². The minimum absolute atomic E-state index is 0.326. The highest BCUT2D eigenvalue weighted by Crippen LogP contribution is 2.21. The molecule has 0 aliphatic rings. The average Bonchev–Trinajstić information content (AvgIpc) is 2.48. The lowest BCUT2D eigenvalue weighted by Gasteiger charge is -2.18. The number of hydrogen-bond donors (Lipinski definition) is 2. The third-order valence-electron chi connectivity index (χ3n) is 1.74. The number of nitrogens with one attached hydrogen (secondary N) is 1. The largest absolute Gasteiger partial charge is 0.481 e. The molecule has 1 rings (SSSR count). The van der Waals surface area contributed by atoms with Gasteiger partial charge < -0.3 is 10.4 Å². The first-order valence-corrected chi connectivity index (χ1v) is 5.26. The number of nitrogens with zero attached hydrogens (tertiary/aromatic N) is 1. The van der Waals surface area contributed by atoms with Crippen molar-refractivity contribution in [3.63, 3.8) is 0 Å². The van der Waals surface area contributed by atoms with Crippen molar-refractivity contribution >= 4 is 34.0 Å². The monoisotopic (exact) mass is 234 g/mol. The van der Waals surface area contributed by atoms with Crippen molar-refractivity contribution in [1.29, 1.82) is 0 Å². The molecule has 0 spiro atoms. The van der Waals surface area contributed by atoms with E-state index < -0.39 is 11.4 Å². The SMILES string of the molecule is CC(C)(CNc1nc(Cl)cs1)C(=O)O. The number of carbonyl (C=O) groups is 1. The maximum atomic E-state index is 10.8. The van der Waals surface area contributed by atoms with E-state index in [-0.39, 0.29) is 0 Å². The van der Waals surface area contributed by atoms with E-state index in [4.69, 9.17) is 16.7 Å². The number of carboxylic acids is 1. The first-order chi connectivity index (χ1) is 6.42. The summed E-state index contributed by atoms with van der Waals surface area (Å²) in [6.07, 6.45) is 0. The molecule has 0 radical (unpaired) electrons. The molecule has 0 saturated carbocycles. The lowest BCUT2D eigenvalue weighted by Crippen LogP contribution is -2.31. The van der Waals surface area contributed by atoms with E-state index >= 15 is 0 Å². The molecule has 1 heterocycles. The van der Waals surface area contributed by atoms with Crippen LogP contribution in [0.25, 0.3) is 0 Å². The van der Waals surface area contributed by atoms with Crippen molar-refractivity contribution in [2.75, 3.05) is 11.9 Å². The Labute approximate surface area is 90.9 Å². The van der Waals surface area contributed by atoms with Crippen LogP contribution in [0.2, 0.25) is 5.15 Å². The molecule has 0 aliphatic heterocycles. The number of thiazole rings is 1. The summed E-state index contributed by atoms with van der Waals surface area (Å²) in [7, 11) is 0. The van der Waals surface area contributed by atoms with Crippen LogP contribution in [0.15, 0.2) is 5.38 Å². The average molecular weight is 235 g/mol. The summed E-state index contributed by atoms with van der Waals surface area (Å²) >= 11 is 6.97. The lowest BCUT2D eigenvalue weighted by atomic mass is 9.94. The molecular formula is C8H11ClN2O2S. The second-order valence-electron chi connectivity index (χ2n) is 3.52. The molecule has 4 nitrogen and oxygen atoms in total. The third-order valence-corrected chi connectivity index (χ3v) is 2.86. The molecule has 2 N–H and O–H groups in total. The number of halogens is 1. The summed E-state index contributed by atoms with van der Waals surface area (Å²) < 4.78 is 0. The molecule has 6 heteroatoms. The number of anilines is 1. The highest BCUT2D eigenvalue weighted by molar-refractivity contribution is 7.14. The molecule has 0 fully saturated rings. The van der Waals surface area contributed by atoms with E-state index in [9.17, 15) is 4.79 Å². The zero-order chi connectivity index (χ0) is 10.8. The first-order valence-electron chi connectivity index (χ1n) is 4.00. The third kappa shape index (κ3) is 2.85. The molecular weight excluding hydrogens is 224 g/mol. The quantitative estimate of drug-likeness (QED) is 0.839. The Morgan fingerprint density at radius 3 is 2.86 bits per heavy atom. The van der Waals surface area contributed by atoms with Crippen molar-refractivity contribution in [1.82, 2.24) is 4.98 Å². The zero-order valence-electron chi connectivity index (χ0n) is 7.87. The topological polar surface area (TPSA) is 62.2 Å². The molecule has 0 saturated heterocycles. The summed E-state index contributed by atoms with van der Waals surface area (Å²) in [5.74, 6) is -0.840. The highest BCUT2D eigenvalue weighted by Gasteiger charge is 2.26. The van der Waals surface area contributed by atoms with Gasteiger partial charge in [0.1, 0.15) is 5.15 Å². The van der Waals surface area contributed by atoms with Crippen molar-refractivity contribution in [3.05, 3.63) is 10.5 Å². The second-order valence-corrected chi connectivity index (χ2v) is 4.76. The van der Waals surface area contributed by atoms with E-state index in [1.807, 2.05) is 0 Å². The molecule has 1 aromatic heterocycles. The van der Waals surface area contributed by atoms with Crippen LogP contribution >= 0.6 is 22.9 Å². The van der Waals surface area contributed by atoms with E-state index in [1.54, 1.807) is 19.2 Å². The maximum absolute atomic E-state index is 10.8. The summed E-state index contributed by atoms with van der Waals surface area (Å²) in [5, 5.41) is 14.5. The second kappa shape index (κ2) is 4.14. The lowest BCUT2D eigenvalue weighted by molar-refractivity contribution is -0.146. The molecule has 78 valence electrons. The standard InChI is InChI=1S/C8H11ClN2O2S/c1-8(2,6(12)13)4-10-7-11-5(9)3-14-7/h3H,4H2,1-2H3,(H,10,11)(H,12,13). The van der Waals surface area contributed by atoms with Crippen LogP contribution in [-0.2, 0) is 4.79 Å². The fraction of sp³-hybridized carbons (Fsp3) is 0.500. The molecule has 0 atom stereocenters. The van der Waals surface area contributed by atoms with Crippen LogP contribution < -0.4 is 5.32 Å². The van der Waals surface area contributed by atoms with E-state index in [0.29, 0.717) is 16.8 Å². The van der Waals surface area contributed by atoms with Crippen molar-refractivity contribution in [2.24, 2.45) is 5.41 Å². The molecule has 0 unspecified atom stereocenters. The van der Waals surface area contributed by atoms with Crippen LogP contribution in [0.3, 0.4) is 0 Å². The first kappa shape index (κ1) is 11.3. The molecule has 0 amide bonds. The predicted octanol–water partition coefficient (Wildman–Crippen LogP) is 2.32. The number of rotatable bonds is 4. The van der Waals surface area contributed by atoms with Crippen LogP contribution in [0.5, 0.6) is 0 Å². The normalized spacial score (nSPS) is 11.4. The number of aromatic nitrogens is 1. The Kier molecular flexibility index (Phi) is 3.34. The molecule has 0 bridgehead atoms. The number of aliphatic carboxylic acids is 1. The van der Waals surface area contributed by atoms with Gasteiger partial charge in [0, 0.05) is 11.9 Å². The summed E-state index contributed by atoms with van der Waals surface area (Å²) in [4.78, 5) is 14.7. The van der Waals surface area contributed by atoms with Gasteiger partial charge in [0.15, 0.2) is 5.13 Å². The van der Waals surface area contributed by atoms with Crippen molar-refractivity contribution in [3.8, 4) is 0 Å². The van der Waals surface area contributed by atoms with Crippen molar-refractivity contribution in [2.45, 2.75) is 13.8 Å². The Balaban J connectivity index is 2.52. The predicted molar refractivity (Wildman–Crippen MR) is 57.0 cm³/mol. The van der Waals surface area contributed by atoms with Gasteiger partial charge in [-0.15, -0.1) is 11.3 Å². The minimum Gasteiger partial charge on any atom is -0.481 e. The summed E-state index contributed by atoms with van der Waals surface area (Å²) in [6, 6.07) is 0. The van der Waals surface area contributed by atoms with Crippen LogP contribution in [0, 0.1) is 5.41 Å². The van der Waals surface area contributed by atoms with E-state index in [2.05, 4.69) is 10.3 Å². The smallest absolute Gasteiger partial charge is 0.310 e. The summed E-state index contributed by atoms with van der Waals surface area (Å²) in [5.41, 5.74) is -0.807. The highest BCUT2D eigenvalue weighted by atomic mass is 35.5. The fourth-order valence-electron chi connectivity index (χ4n) is 0.708. The zero-order valence-corrected chi connectivity index (χ0v) is 9.45. The molecule has 1 aromatic rings. The van der Waals surface area contributed by atoms with Gasteiger partial charge in [-0.25, -0.2) is 4.98 Å². The number of carboxylic acid groups (broad SMARTS) is 1. The molecule has 0 aliphatic carbocycles. The van der Waals surface area contributed by atoms with Gasteiger partial charge in [-0.2, -0.15) is 0 Å². The molecule has 0 aromatic carbocycles. The van der Waals surface area contributed by atoms with E-state index in [1.165, 1.54) is 11.3 Å². The van der Waals surface area contributed by atoms with Crippen LogP contribution in [0.1, 0.15) is 13.8 Å². The maximum Gasteiger partial charge on any atom is 0.310 e. The van der Waals surface area contributed by atoms with Gasteiger partial charge >= 0.3 is 5.97 Å². The molecule has 14 heavy (non-hydrogen) atoms. The van der Waals surface area contributed by atoms with Gasteiger partial charge in [-0.1, -0.05) is 11.6 Å². The fourth-order valence-corrected chi connectivity index (χ4v) is 1.54. The van der Waals surface area contributed by atoms with Crippen LogP contribution in [-0.4, -0.2) is 22.6 Å². The van der Waals surface area contributed by atoms with Crippen molar-refractivity contribution < 1.29 is 9.90 Å². The van der Waals surface area contributed by atoms with Gasteiger partial charge in [-0.05, 0) is 13.8 Å². The number of hydrogen-bond acceptors (Lipinski definition) is 4. The Hall–Kier alpha value is -0.810. The minimum atomic E-state index is -0.840. The van der Waals surface area contributed by atoms with Gasteiger partial charge in [0.25, 0.3) is 0 Å². The summed E-state index contributed by atoms with van der Waals surface area (Å²) in [6.45, 7) is 3.63. The Morgan fingerprint density at radius 1 is 1.79 bits per heavy atom. The van der Waals surface area contributed by atoms with Gasteiger partial charge in [-0.3, -0.25) is 4.79 Å². The van der Waals surface area contributed by atoms with Gasteiger partial charge in [0.2, 0.25) is 0 Å².